The van der Waals surface area contributed by atoms with E-state index in [1.54, 1.807) is 12.1 Å². The number of aryl methyl sites for hydroxylation is 1. The summed E-state index contributed by atoms with van der Waals surface area (Å²) in [6, 6.07) is 4.24. The first kappa shape index (κ1) is 16.4. The quantitative estimate of drug-likeness (QED) is 0.632. The van der Waals surface area contributed by atoms with Crippen LogP contribution in [0.4, 0.5) is 5.69 Å². The van der Waals surface area contributed by atoms with E-state index in [0.29, 0.717) is 12.0 Å². The molecule has 4 atom stereocenters. The van der Waals surface area contributed by atoms with E-state index in [0.717, 1.165) is 19.3 Å². The lowest BCUT2D eigenvalue weighted by Crippen LogP contribution is -2.48. The average molecular weight is 331 g/mol. The van der Waals surface area contributed by atoms with Crippen molar-refractivity contribution in [2.45, 2.75) is 38.6 Å². The summed E-state index contributed by atoms with van der Waals surface area (Å²) in [6.45, 7) is 1.83. The maximum absolute atomic E-state index is 12.5. The Morgan fingerprint density at radius 1 is 1.33 bits per heavy atom. The van der Waals surface area contributed by atoms with Crippen molar-refractivity contribution in [3.63, 3.8) is 0 Å². The van der Waals surface area contributed by atoms with Crippen molar-refractivity contribution in [3.8, 4) is 0 Å². The molecule has 1 aromatic carbocycles. The van der Waals surface area contributed by atoms with Gasteiger partial charge in [-0.05, 0) is 43.6 Å². The molecule has 24 heavy (non-hydrogen) atoms. The first-order valence-corrected chi connectivity index (χ1v) is 8.29. The molecule has 0 heterocycles. The van der Waals surface area contributed by atoms with E-state index in [2.05, 4.69) is 5.32 Å². The standard InChI is InChI=1S/C17H21N3O4/c1-2-9-3-6-12(8-13(9)20(23)24)17(22)19-15-11-5-4-10(7-11)14(15)16(18)21/h3,6,8,10-11,14-15H,2,4-5,7H2,1H3,(H2,18,21)(H,19,22). The van der Waals surface area contributed by atoms with Crippen LogP contribution in [-0.4, -0.2) is 22.8 Å². The van der Waals surface area contributed by atoms with Crippen molar-refractivity contribution >= 4 is 17.5 Å². The summed E-state index contributed by atoms with van der Waals surface area (Å²) in [6.07, 6.45) is 3.39. The molecular weight excluding hydrogens is 310 g/mol. The van der Waals surface area contributed by atoms with Crippen LogP contribution in [0.2, 0.25) is 0 Å². The van der Waals surface area contributed by atoms with Crippen molar-refractivity contribution in [3.05, 3.63) is 39.4 Å². The molecule has 1 aromatic rings. The Bertz CT molecular complexity index is 703. The normalized spacial score (nSPS) is 27.9. The molecule has 3 N–H and O–H groups in total. The van der Waals surface area contributed by atoms with Crippen LogP contribution in [0.3, 0.4) is 0 Å². The topological polar surface area (TPSA) is 115 Å². The molecule has 2 fully saturated rings. The molecule has 0 spiro atoms. The van der Waals surface area contributed by atoms with Crippen LogP contribution in [0.1, 0.15) is 42.1 Å². The summed E-state index contributed by atoms with van der Waals surface area (Å²) in [5.41, 5.74) is 6.29. The van der Waals surface area contributed by atoms with Gasteiger partial charge in [-0.3, -0.25) is 19.7 Å². The van der Waals surface area contributed by atoms with Crippen LogP contribution in [0.15, 0.2) is 18.2 Å². The van der Waals surface area contributed by atoms with Gasteiger partial charge in [0.15, 0.2) is 0 Å². The molecule has 2 amide bonds. The largest absolute Gasteiger partial charge is 0.369 e. The number of carbonyl (C=O) groups excluding carboxylic acids is 2. The second-order valence-corrected chi connectivity index (χ2v) is 6.71. The average Bonchev–Trinajstić information content (AvgIpc) is 3.15. The number of nitro benzene ring substituents is 1. The van der Waals surface area contributed by atoms with Gasteiger partial charge in [0.2, 0.25) is 5.91 Å². The fourth-order valence-electron chi connectivity index (χ4n) is 4.32. The van der Waals surface area contributed by atoms with Crippen molar-refractivity contribution < 1.29 is 14.5 Å². The van der Waals surface area contributed by atoms with Crippen molar-refractivity contribution in [1.29, 1.82) is 0 Å². The van der Waals surface area contributed by atoms with E-state index in [4.69, 9.17) is 5.73 Å². The number of nitro groups is 1. The van der Waals surface area contributed by atoms with Gasteiger partial charge in [-0.1, -0.05) is 13.0 Å². The van der Waals surface area contributed by atoms with Gasteiger partial charge in [0.05, 0.1) is 10.8 Å². The molecule has 0 aromatic heterocycles. The number of nitrogens with two attached hydrogens (primary N) is 1. The summed E-state index contributed by atoms with van der Waals surface area (Å²) in [4.78, 5) is 34.9. The third kappa shape index (κ3) is 2.74. The number of rotatable bonds is 5. The Morgan fingerprint density at radius 3 is 2.67 bits per heavy atom. The lowest BCUT2D eigenvalue weighted by atomic mass is 9.84. The van der Waals surface area contributed by atoms with Gasteiger partial charge >= 0.3 is 0 Å². The third-order valence-electron chi connectivity index (χ3n) is 5.47. The molecule has 2 bridgehead atoms. The maximum Gasteiger partial charge on any atom is 0.273 e. The van der Waals surface area contributed by atoms with Crippen LogP contribution in [0, 0.1) is 27.9 Å². The van der Waals surface area contributed by atoms with Crippen LogP contribution < -0.4 is 11.1 Å². The van der Waals surface area contributed by atoms with Gasteiger partial charge < -0.3 is 11.1 Å². The first-order valence-electron chi connectivity index (χ1n) is 8.29. The Labute approximate surface area is 139 Å². The molecule has 0 aliphatic heterocycles. The fourth-order valence-corrected chi connectivity index (χ4v) is 4.32. The number of fused-ring (bicyclic) bond motifs is 2. The Balaban J connectivity index is 1.81. The predicted molar refractivity (Wildman–Crippen MR) is 87.2 cm³/mol. The molecule has 2 aliphatic carbocycles. The number of hydrogen-bond donors (Lipinski definition) is 2. The number of nitrogens with one attached hydrogen (secondary N) is 1. The SMILES string of the molecule is CCc1ccc(C(=O)NC2C3CCC(C3)C2C(N)=O)cc1[N+](=O)[O-]. The number of amides is 2. The highest BCUT2D eigenvalue weighted by Gasteiger charge is 2.50. The minimum atomic E-state index is -0.473. The Morgan fingerprint density at radius 2 is 2.04 bits per heavy atom. The fraction of sp³-hybridized carbons (Fsp3) is 0.529. The van der Waals surface area contributed by atoms with Crippen molar-refractivity contribution in [2.75, 3.05) is 0 Å². The number of hydrogen-bond acceptors (Lipinski definition) is 4. The number of carbonyl (C=O) groups is 2. The molecule has 0 saturated heterocycles. The van der Waals surface area contributed by atoms with Gasteiger partial charge in [0.1, 0.15) is 0 Å². The minimum Gasteiger partial charge on any atom is -0.369 e. The summed E-state index contributed by atoms with van der Waals surface area (Å²) >= 11 is 0. The lowest BCUT2D eigenvalue weighted by Gasteiger charge is -2.29. The summed E-state index contributed by atoms with van der Waals surface area (Å²) in [5, 5.41) is 14.1. The third-order valence-corrected chi connectivity index (χ3v) is 5.47. The van der Waals surface area contributed by atoms with Crippen molar-refractivity contribution in [2.24, 2.45) is 23.5 Å². The van der Waals surface area contributed by atoms with Crippen LogP contribution >= 0.6 is 0 Å². The van der Waals surface area contributed by atoms with E-state index in [9.17, 15) is 19.7 Å². The number of nitrogens with zero attached hydrogens (tertiary/aromatic N) is 1. The van der Waals surface area contributed by atoms with E-state index < -0.39 is 4.92 Å². The van der Waals surface area contributed by atoms with Gasteiger partial charge in [0.25, 0.3) is 11.6 Å². The zero-order valence-electron chi connectivity index (χ0n) is 13.5. The lowest BCUT2D eigenvalue weighted by molar-refractivity contribution is -0.385. The Hall–Kier alpha value is -2.44. The number of benzene rings is 1. The molecule has 128 valence electrons. The second-order valence-electron chi connectivity index (χ2n) is 6.71. The molecule has 7 nitrogen and oxygen atoms in total. The molecule has 0 radical (unpaired) electrons. The minimum absolute atomic E-state index is 0.0513. The van der Waals surface area contributed by atoms with Gasteiger partial charge in [-0.25, -0.2) is 0 Å². The zero-order chi connectivity index (χ0) is 17.4. The van der Waals surface area contributed by atoms with Crippen LogP contribution in [0.5, 0.6) is 0 Å². The molecule has 2 aliphatic rings. The first-order chi connectivity index (χ1) is 11.4. The van der Waals surface area contributed by atoms with Gasteiger partial charge in [-0.15, -0.1) is 0 Å². The van der Waals surface area contributed by atoms with Crippen LogP contribution in [0.25, 0.3) is 0 Å². The Kier molecular flexibility index (Phi) is 4.26. The van der Waals surface area contributed by atoms with Crippen LogP contribution in [-0.2, 0) is 11.2 Å². The van der Waals surface area contributed by atoms with E-state index >= 15 is 0 Å². The van der Waals surface area contributed by atoms with Gasteiger partial charge in [-0.2, -0.15) is 0 Å². The predicted octanol–water partition coefficient (Wildman–Crippen LogP) is 1.79. The van der Waals surface area contributed by atoms with E-state index in [-0.39, 0.29) is 46.9 Å². The van der Waals surface area contributed by atoms with Crippen molar-refractivity contribution in [1.82, 2.24) is 5.32 Å². The maximum atomic E-state index is 12.5. The number of primary amides is 1. The van der Waals surface area contributed by atoms with E-state index in [1.807, 2.05) is 6.92 Å². The molecule has 7 heteroatoms. The second kappa shape index (κ2) is 6.22. The summed E-state index contributed by atoms with van der Waals surface area (Å²) in [7, 11) is 0. The summed E-state index contributed by atoms with van der Waals surface area (Å²) in [5.74, 6) is -0.585. The smallest absolute Gasteiger partial charge is 0.273 e. The van der Waals surface area contributed by atoms with E-state index in [1.165, 1.54) is 6.07 Å². The molecule has 3 rings (SSSR count). The highest BCUT2D eigenvalue weighted by Crippen LogP contribution is 2.48. The molecular formula is C17H21N3O4. The zero-order valence-corrected chi connectivity index (χ0v) is 13.5. The van der Waals surface area contributed by atoms with Gasteiger partial charge in [0, 0.05) is 23.2 Å². The summed E-state index contributed by atoms with van der Waals surface area (Å²) < 4.78 is 0. The monoisotopic (exact) mass is 331 g/mol. The molecule has 2 saturated carbocycles. The highest BCUT2D eigenvalue weighted by atomic mass is 16.6. The molecule has 4 unspecified atom stereocenters. The highest BCUT2D eigenvalue weighted by molar-refractivity contribution is 5.95.